The normalized spacial score (nSPS) is 10.8. The van der Waals surface area contributed by atoms with Gasteiger partial charge in [0.2, 0.25) is 0 Å². The maximum absolute atomic E-state index is 5.34. The van der Waals surface area contributed by atoms with E-state index in [1.807, 2.05) is 24.3 Å². The molecule has 0 saturated heterocycles. The fourth-order valence-corrected chi connectivity index (χ4v) is 3.32. The number of nitrogens with zero attached hydrogens (tertiary/aromatic N) is 3. The van der Waals surface area contributed by atoms with E-state index in [-0.39, 0.29) is 0 Å². The Kier molecular flexibility index (Phi) is 4.21. The van der Waals surface area contributed by atoms with E-state index >= 15 is 0 Å². The minimum Gasteiger partial charge on any atom is -0.496 e. The molecule has 0 aliphatic carbocycles. The molecule has 3 aromatic rings. The van der Waals surface area contributed by atoms with Crippen molar-refractivity contribution in [3.63, 3.8) is 0 Å². The molecule has 7 heteroatoms. The first-order valence-corrected chi connectivity index (χ1v) is 8.02. The van der Waals surface area contributed by atoms with Gasteiger partial charge in [-0.05, 0) is 6.07 Å². The van der Waals surface area contributed by atoms with Crippen molar-refractivity contribution >= 4 is 33.4 Å². The molecule has 0 amide bonds. The van der Waals surface area contributed by atoms with Crippen molar-refractivity contribution in [1.29, 1.82) is 0 Å². The Balaban J connectivity index is 1.78. The van der Waals surface area contributed by atoms with E-state index in [0.29, 0.717) is 16.0 Å². The molecule has 0 aliphatic rings. The van der Waals surface area contributed by atoms with Crippen LogP contribution in [0.15, 0.2) is 35.6 Å². The molecular weight excluding hydrogens is 306 g/mol. The second-order valence-electron chi connectivity index (χ2n) is 4.12. The van der Waals surface area contributed by atoms with Gasteiger partial charge in [-0.3, -0.25) is 0 Å². The fourth-order valence-electron chi connectivity index (χ4n) is 1.82. The Morgan fingerprint density at radius 1 is 1.14 bits per heavy atom. The molecule has 5 nitrogen and oxygen atoms in total. The molecule has 2 heterocycles. The molecule has 3 rings (SSSR count). The first kappa shape index (κ1) is 14.1. The number of aromatic nitrogens is 3. The van der Waals surface area contributed by atoms with Gasteiger partial charge in [-0.15, -0.1) is 0 Å². The third-order valence-electron chi connectivity index (χ3n) is 2.83. The molecular formula is C14H13N3O2S2. The maximum atomic E-state index is 5.34. The van der Waals surface area contributed by atoms with E-state index in [2.05, 4.69) is 15.0 Å². The standard InChI is InChI=1S/C14H13N3O2S2/c1-18-10-6-4-3-5-9(10)8-20-13-15-7-11-12(16-13)17-14(19-2)21-11/h3-7H,8H2,1-2H3. The van der Waals surface area contributed by atoms with Gasteiger partial charge in [0.25, 0.3) is 5.19 Å². The number of fused-ring (bicyclic) bond motifs is 1. The summed E-state index contributed by atoms with van der Waals surface area (Å²) >= 11 is 3.00. The van der Waals surface area contributed by atoms with Crippen molar-refractivity contribution in [3.05, 3.63) is 36.0 Å². The number of thioether (sulfide) groups is 1. The molecule has 0 atom stereocenters. The lowest BCUT2D eigenvalue weighted by atomic mass is 10.2. The number of benzene rings is 1. The Bertz CT molecular complexity index is 761. The predicted molar refractivity (Wildman–Crippen MR) is 84.3 cm³/mol. The van der Waals surface area contributed by atoms with Gasteiger partial charge in [-0.1, -0.05) is 41.3 Å². The van der Waals surface area contributed by atoms with Crippen LogP contribution in [0.5, 0.6) is 10.9 Å². The van der Waals surface area contributed by atoms with Crippen LogP contribution in [0.3, 0.4) is 0 Å². The van der Waals surface area contributed by atoms with E-state index in [1.165, 1.54) is 11.3 Å². The summed E-state index contributed by atoms with van der Waals surface area (Å²) in [7, 11) is 3.27. The van der Waals surface area contributed by atoms with E-state index in [0.717, 1.165) is 21.8 Å². The fraction of sp³-hybridized carbons (Fsp3) is 0.214. The summed E-state index contributed by atoms with van der Waals surface area (Å²) in [5.74, 6) is 1.62. The number of hydrogen-bond acceptors (Lipinski definition) is 7. The first-order chi connectivity index (χ1) is 10.3. The predicted octanol–water partition coefficient (Wildman–Crippen LogP) is 3.40. The average Bonchev–Trinajstić information content (AvgIpc) is 2.95. The minimum atomic E-state index is 0.603. The minimum absolute atomic E-state index is 0.603. The summed E-state index contributed by atoms with van der Waals surface area (Å²) < 4.78 is 11.4. The second kappa shape index (κ2) is 6.28. The number of methoxy groups -OCH3 is 2. The van der Waals surface area contributed by atoms with E-state index in [1.54, 1.807) is 32.2 Å². The second-order valence-corrected chi connectivity index (χ2v) is 6.06. The Morgan fingerprint density at radius 3 is 2.81 bits per heavy atom. The monoisotopic (exact) mass is 319 g/mol. The number of rotatable bonds is 5. The number of thiazole rings is 1. The van der Waals surface area contributed by atoms with E-state index < -0.39 is 0 Å². The molecule has 1 aromatic carbocycles. The summed E-state index contributed by atoms with van der Waals surface area (Å²) in [4.78, 5) is 13.1. The highest BCUT2D eigenvalue weighted by molar-refractivity contribution is 7.98. The molecule has 0 saturated carbocycles. The zero-order chi connectivity index (χ0) is 14.7. The molecule has 108 valence electrons. The molecule has 0 unspecified atom stereocenters. The van der Waals surface area contributed by atoms with Crippen molar-refractivity contribution in [2.24, 2.45) is 0 Å². The topological polar surface area (TPSA) is 57.1 Å². The zero-order valence-corrected chi connectivity index (χ0v) is 13.2. The SMILES string of the molecule is COc1nc2nc(SCc3ccccc3OC)ncc2s1. The van der Waals surface area contributed by atoms with Gasteiger partial charge in [-0.2, -0.15) is 4.98 Å². The third-order valence-corrected chi connectivity index (χ3v) is 4.68. The van der Waals surface area contributed by atoms with Gasteiger partial charge in [0, 0.05) is 11.3 Å². The third kappa shape index (κ3) is 3.08. The first-order valence-electron chi connectivity index (χ1n) is 6.22. The zero-order valence-electron chi connectivity index (χ0n) is 11.6. The van der Waals surface area contributed by atoms with Crippen LogP contribution in [0.1, 0.15) is 5.56 Å². The van der Waals surface area contributed by atoms with E-state index in [9.17, 15) is 0 Å². The van der Waals surface area contributed by atoms with Crippen LogP contribution >= 0.6 is 23.1 Å². The Hall–Kier alpha value is -1.86. The van der Waals surface area contributed by atoms with Gasteiger partial charge < -0.3 is 9.47 Å². The highest BCUT2D eigenvalue weighted by atomic mass is 32.2. The Labute approximate surface area is 130 Å². The molecule has 2 aromatic heterocycles. The lowest BCUT2D eigenvalue weighted by molar-refractivity contribution is 0.411. The van der Waals surface area contributed by atoms with Crippen LogP contribution < -0.4 is 9.47 Å². The van der Waals surface area contributed by atoms with Crippen molar-refractivity contribution < 1.29 is 9.47 Å². The summed E-state index contributed by atoms with van der Waals surface area (Å²) in [6.45, 7) is 0. The van der Waals surface area contributed by atoms with E-state index in [4.69, 9.17) is 9.47 Å². The van der Waals surface area contributed by atoms with Gasteiger partial charge in [0.05, 0.1) is 25.1 Å². The summed E-state index contributed by atoms with van der Waals surface area (Å²) in [5, 5.41) is 1.30. The van der Waals surface area contributed by atoms with Crippen molar-refractivity contribution in [1.82, 2.24) is 15.0 Å². The van der Waals surface area contributed by atoms with Crippen LogP contribution in [-0.4, -0.2) is 29.2 Å². The number of ether oxygens (including phenoxy) is 2. The van der Waals surface area contributed by atoms with Gasteiger partial charge >= 0.3 is 0 Å². The molecule has 0 fully saturated rings. The summed E-state index contributed by atoms with van der Waals surface area (Å²) in [6.07, 6.45) is 1.78. The van der Waals surface area contributed by atoms with Gasteiger partial charge in [0.1, 0.15) is 5.75 Å². The van der Waals surface area contributed by atoms with Crippen molar-refractivity contribution in [3.8, 4) is 10.9 Å². The smallest absolute Gasteiger partial charge is 0.275 e. The summed E-state index contributed by atoms with van der Waals surface area (Å²) in [6, 6.07) is 7.94. The number of hydrogen-bond donors (Lipinski definition) is 0. The van der Waals surface area contributed by atoms with Crippen LogP contribution in [0.25, 0.3) is 10.3 Å². The maximum Gasteiger partial charge on any atom is 0.275 e. The summed E-state index contributed by atoms with van der Waals surface area (Å²) in [5.41, 5.74) is 1.79. The van der Waals surface area contributed by atoms with Gasteiger partial charge in [-0.25, -0.2) is 9.97 Å². The van der Waals surface area contributed by atoms with Crippen LogP contribution in [-0.2, 0) is 5.75 Å². The van der Waals surface area contributed by atoms with Crippen LogP contribution in [0, 0.1) is 0 Å². The highest BCUT2D eigenvalue weighted by Gasteiger charge is 2.09. The quantitative estimate of drug-likeness (QED) is 0.531. The van der Waals surface area contributed by atoms with Crippen LogP contribution in [0.4, 0.5) is 0 Å². The molecule has 0 radical (unpaired) electrons. The number of para-hydroxylation sites is 1. The largest absolute Gasteiger partial charge is 0.496 e. The van der Waals surface area contributed by atoms with Crippen molar-refractivity contribution in [2.45, 2.75) is 10.9 Å². The van der Waals surface area contributed by atoms with Gasteiger partial charge in [0.15, 0.2) is 10.8 Å². The highest BCUT2D eigenvalue weighted by Crippen LogP contribution is 2.29. The molecule has 0 aliphatic heterocycles. The van der Waals surface area contributed by atoms with Crippen LogP contribution in [0.2, 0.25) is 0 Å². The Morgan fingerprint density at radius 2 is 2.00 bits per heavy atom. The lowest BCUT2D eigenvalue weighted by Crippen LogP contribution is -1.91. The lowest BCUT2D eigenvalue weighted by Gasteiger charge is -2.06. The molecule has 0 spiro atoms. The molecule has 0 bridgehead atoms. The molecule has 21 heavy (non-hydrogen) atoms. The average molecular weight is 319 g/mol. The van der Waals surface area contributed by atoms with Crippen molar-refractivity contribution in [2.75, 3.05) is 14.2 Å². The molecule has 0 N–H and O–H groups in total.